The number of ether oxygens (including phenoxy) is 1. The Morgan fingerprint density at radius 1 is 1.37 bits per heavy atom. The average molecular weight is 259 g/mol. The molecule has 1 aliphatic carbocycles. The summed E-state index contributed by atoms with van der Waals surface area (Å²) in [6.45, 7) is 7.87. The molecule has 3 rings (SSSR count). The fourth-order valence-corrected chi connectivity index (χ4v) is 3.47. The lowest BCUT2D eigenvalue weighted by Crippen LogP contribution is -2.36. The summed E-state index contributed by atoms with van der Waals surface area (Å²) in [4.78, 5) is 0. The van der Waals surface area contributed by atoms with Gasteiger partial charge >= 0.3 is 0 Å². The van der Waals surface area contributed by atoms with Crippen molar-refractivity contribution in [3.8, 4) is 5.75 Å². The van der Waals surface area contributed by atoms with Gasteiger partial charge in [0, 0.05) is 19.0 Å². The van der Waals surface area contributed by atoms with Gasteiger partial charge < -0.3 is 10.1 Å². The van der Waals surface area contributed by atoms with Crippen molar-refractivity contribution < 1.29 is 4.74 Å². The summed E-state index contributed by atoms with van der Waals surface area (Å²) in [5, 5.41) is 3.70. The van der Waals surface area contributed by atoms with Crippen LogP contribution in [0.15, 0.2) is 18.2 Å². The van der Waals surface area contributed by atoms with E-state index in [0.717, 1.165) is 18.7 Å². The van der Waals surface area contributed by atoms with E-state index in [1.165, 1.54) is 30.4 Å². The van der Waals surface area contributed by atoms with Crippen molar-refractivity contribution in [2.24, 2.45) is 5.41 Å². The molecule has 2 heteroatoms. The Morgan fingerprint density at radius 3 is 2.95 bits per heavy atom. The zero-order valence-electron chi connectivity index (χ0n) is 12.3. The highest BCUT2D eigenvalue weighted by atomic mass is 16.5. The van der Waals surface area contributed by atoms with Crippen molar-refractivity contribution in [1.29, 1.82) is 0 Å². The summed E-state index contributed by atoms with van der Waals surface area (Å²) < 4.78 is 6.01. The van der Waals surface area contributed by atoms with Crippen LogP contribution < -0.4 is 10.1 Å². The van der Waals surface area contributed by atoms with Gasteiger partial charge in [0.25, 0.3) is 0 Å². The van der Waals surface area contributed by atoms with Gasteiger partial charge in [-0.2, -0.15) is 0 Å². The third-order valence-electron chi connectivity index (χ3n) is 4.56. The molecule has 1 aromatic rings. The fourth-order valence-electron chi connectivity index (χ4n) is 3.47. The van der Waals surface area contributed by atoms with Gasteiger partial charge in [0.1, 0.15) is 11.9 Å². The summed E-state index contributed by atoms with van der Waals surface area (Å²) in [6, 6.07) is 7.19. The zero-order chi connectivity index (χ0) is 13.5. The van der Waals surface area contributed by atoms with Crippen LogP contribution in [-0.2, 0) is 6.42 Å². The van der Waals surface area contributed by atoms with Gasteiger partial charge in [0.05, 0.1) is 0 Å². The van der Waals surface area contributed by atoms with E-state index in [1.54, 1.807) is 0 Å². The highest BCUT2D eigenvalue weighted by Gasteiger charge is 2.31. The molecule has 0 radical (unpaired) electrons. The lowest BCUT2D eigenvalue weighted by Gasteiger charge is -2.19. The number of aryl methyl sites for hydroxylation is 1. The third-order valence-corrected chi connectivity index (χ3v) is 4.56. The Kier molecular flexibility index (Phi) is 3.30. The molecule has 19 heavy (non-hydrogen) atoms. The average Bonchev–Trinajstić information content (AvgIpc) is 2.89. The molecular weight excluding hydrogens is 234 g/mol. The van der Waals surface area contributed by atoms with Crippen LogP contribution in [0.4, 0.5) is 0 Å². The lowest BCUT2D eigenvalue weighted by atomic mass is 9.92. The van der Waals surface area contributed by atoms with Crippen molar-refractivity contribution >= 4 is 0 Å². The fraction of sp³-hybridized carbons (Fsp3) is 0.647. The van der Waals surface area contributed by atoms with Crippen LogP contribution in [0, 0.1) is 12.3 Å². The Bertz CT molecular complexity index is 466. The summed E-state index contributed by atoms with van der Waals surface area (Å²) in [7, 11) is 0. The highest BCUT2D eigenvalue weighted by molar-refractivity contribution is 5.40. The first-order valence-electron chi connectivity index (χ1n) is 7.51. The number of hydrogen-bond donors (Lipinski definition) is 1. The molecule has 0 amide bonds. The van der Waals surface area contributed by atoms with Crippen molar-refractivity contribution in [2.75, 3.05) is 6.54 Å². The van der Waals surface area contributed by atoms with Gasteiger partial charge in [-0.15, -0.1) is 0 Å². The Balaban J connectivity index is 1.51. The number of hydrogen-bond acceptors (Lipinski definition) is 2. The van der Waals surface area contributed by atoms with E-state index in [9.17, 15) is 0 Å². The maximum Gasteiger partial charge on any atom is 0.123 e. The number of fused-ring (bicyclic) bond motifs is 1. The Hall–Kier alpha value is -1.02. The number of benzene rings is 1. The molecule has 1 aromatic carbocycles. The second kappa shape index (κ2) is 4.82. The standard InChI is InChI=1S/C17H25NO/c1-12-4-5-16-13(8-12)9-15(19-16)11-18-14-6-7-17(2,3)10-14/h4-5,8,14-15,18H,6-7,9-11H2,1-3H3. The van der Waals surface area contributed by atoms with Crippen LogP contribution in [0.2, 0.25) is 0 Å². The Labute approximate surface area is 116 Å². The topological polar surface area (TPSA) is 21.3 Å². The molecule has 0 bridgehead atoms. The number of rotatable bonds is 3. The maximum atomic E-state index is 6.01. The zero-order valence-corrected chi connectivity index (χ0v) is 12.3. The van der Waals surface area contributed by atoms with E-state index in [4.69, 9.17) is 4.74 Å². The SMILES string of the molecule is Cc1ccc2c(c1)CC(CNC1CCC(C)(C)C1)O2. The predicted molar refractivity (Wildman–Crippen MR) is 78.7 cm³/mol. The van der Waals surface area contributed by atoms with Crippen molar-refractivity contribution in [2.45, 2.75) is 58.6 Å². The summed E-state index contributed by atoms with van der Waals surface area (Å²) in [5.74, 6) is 1.09. The van der Waals surface area contributed by atoms with Crippen molar-refractivity contribution in [3.05, 3.63) is 29.3 Å². The predicted octanol–water partition coefficient (Wildman–Crippen LogP) is 3.47. The summed E-state index contributed by atoms with van der Waals surface area (Å²) in [5.41, 5.74) is 3.22. The first-order valence-corrected chi connectivity index (χ1v) is 7.51. The van der Waals surface area contributed by atoms with Gasteiger partial charge in [0.2, 0.25) is 0 Å². The van der Waals surface area contributed by atoms with E-state index in [1.807, 2.05) is 0 Å². The van der Waals surface area contributed by atoms with E-state index in [2.05, 4.69) is 44.3 Å². The van der Waals surface area contributed by atoms with Gasteiger partial charge in [-0.1, -0.05) is 31.5 Å². The van der Waals surface area contributed by atoms with Crippen LogP contribution in [0.25, 0.3) is 0 Å². The molecule has 104 valence electrons. The smallest absolute Gasteiger partial charge is 0.123 e. The minimum atomic E-state index is 0.320. The molecule has 1 heterocycles. The summed E-state index contributed by atoms with van der Waals surface area (Å²) in [6.07, 6.45) is 5.33. The Morgan fingerprint density at radius 2 is 2.21 bits per heavy atom. The quantitative estimate of drug-likeness (QED) is 0.897. The largest absolute Gasteiger partial charge is 0.488 e. The van der Waals surface area contributed by atoms with Crippen LogP contribution in [0.5, 0.6) is 5.75 Å². The van der Waals surface area contributed by atoms with E-state index in [-0.39, 0.29) is 0 Å². The van der Waals surface area contributed by atoms with Crippen LogP contribution in [0.3, 0.4) is 0 Å². The summed E-state index contributed by atoms with van der Waals surface area (Å²) >= 11 is 0. The van der Waals surface area contributed by atoms with Gasteiger partial charge in [-0.05, 0) is 43.2 Å². The number of nitrogens with one attached hydrogen (secondary N) is 1. The minimum absolute atomic E-state index is 0.320. The molecule has 1 aliphatic heterocycles. The third kappa shape index (κ3) is 2.94. The maximum absolute atomic E-state index is 6.01. The molecule has 2 aliphatic rings. The molecular formula is C17H25NO. The van der Waals surface area contributed by atoms with E-state index < -0.39 is 0 Å². The van der Waals surface area contributed by atoms with E-state index >= 15 is 0 Å². The first-order chi connectivity index (χ1) is 9.02. The molecule has 0 spiro atoms. The molecule has 2 nitrogen and oxygen atoms in total. The van der Waals surface area contributed by atoms with Crippen LogP contribution in [-0.4, -0.2) is 18.7 Å². The van der Waals surface area contributed by atoms with Gasteiger partial charge in [0.15, 0.2) is 0 Å². The second-order valence-electron chi connectivity index (χ2n) is 7.07. The molecule has 2 unspecified atom stereocenters. The van der Waals surface area contributed by atoms with Gasteiger partial charge in [-0.25, -0.2) is 0 Å². The molecule has 1 saturated carbocycles. The van der Waals surface area contributed by atoms with Crippen molar-refractivity contribution in [3.63, 3.8) is 0 Å². The molecule has 0 aromatic heterocycles. The van der Waals surface area contributed by atoms with Crippen LogP contribution in [0.1, 0.15) is 44.2 Å². The minimum Gasteiger partial charge on any atom is -0.488 e. The molecule has 1 N–H and O–H groups in total. The van der Waals surface area contributed by atoms with E-state index in [0.29, 0.717) is 17.6 Å². The first kappa shape index (κ1) is 13.0. The highest BCUT2D eigenvalue weighted by Crippen LogP contribution is 2.37. The normalized spacial score (nSPS) is 28.2. The second-order valence-corrected chi connectivity index (χ2v) is 7.07. The molecule has 0 saturated heterocycles. The lowest BCUT2D eigenvalue weighted by molar-refractivity contribution is 0.219. The van der Waals surface area contributed by atoms with Crippen molar-refractivity contribution in [1.82, 2.24) is 5.32 Å². The van der Waals surface area contributed by atoms with Gasteiger partial charge in [-0.3, -0.25) is 0 Å². The van der Waals surface area contributed by atoms with Crippen LogP contribution >= 0.6 is 0 Å². The monoisotopic (exact) mass is 259 g/mol. The molecule has 2 atom stereocenters. The molecule has 1 fully saturated rings.